The molecule has 2 unspecified atom stereocenters. The van der Waals surface area contributed by atoms with Gasteiger partial charge in [0.15, 0.2) is 0 Å². The molecule has 2 aromatic rings. The van der Waals surface area contributed by atoms with Crippen molar-refractivity contribution in [2.75, 3.05) is 0 Å². The Bertz CT molecular complexity index is 518. The van der Waals surface area contributed by atoms with Gasteiger partial charge in [0, 0.05) is 24.7 Å². The van der Waals surface area contributed by atoms with Gasteiger partial charge in [-0.2, -0.15) is 5.10 Å². The molecule has 2 atom stereocenters. The Morgan fingerprint density at radius 1 is 1.44 bits per heavy atom. The molecule has 1 heterocycles. The monoisotopic (exact) mass is 214 g/mol. The number of fused-ring (bicyclic) bond motifs is 1. The van der Waals surface area contributed by atoms with Gasteiger partial charge in [-0.3, -0.25) is 4.68 Å². The maximum Gasteiger partial charge on any atom is 0.0892 e. The topological polar surface area (TPSA) is 38.0 Å². The Kier molecular flexibility index (Phi) is 2.07. The number of aliphatic hydroxyl groups is 1. The van der Waals surface area contributed by atoms with Crippen molar-refractivity contribution in [1.82, 2.24) is 9.78 Å². The summed E-state index contributed by atoms with van der Waals surface area (Å²) in [5.41, 5.74) is 3.54. The Morgan fingerprint density at radius 2 is 2.25 bits per heavy atom. The number of hydrogen-bond acceptors (Lipinski definition) is 2. The normalized spacial score (nSPS) is 20.0. The lowest BCUT2D eigenvalue weighted by Gasteiger charge is -2.33. The summed E-state index contributed by atoms with van der Waals surface area (Å²) in [6, 6.07) is 8.30. The Labute approximate surface area is 94.3 Å². The molecule has 1 aliphatic carbocycles. The van der Waals surface area contributed by atoms with Gasteiger partial charge in [0.2, 0.25) is 0 Å². The van der Waals surface area contributed by atoms with Crippen LogP contribution in [0.25, 0.3) is 0 Å². The molecule has 16 heavy (non-hydrogen) atoms. The SMILES string of the molecule is Cn1cc(C(O)C2Cc3ccccc32)cn1. The number of aliphatic hydroxyl groups excluding tert-OH is 1. The summed E-state index contributed by atoms with van der Waals surface area (Å²) in [6.45, 7) is 0. The van der Waals surface area contributed by atoms with Crippen LogP contribution in [0.2, 0.25) is 0 Å². The summed E-state index contributed by atoms with van der Waals surface area (Å²) in [4.78, 5) is 0. The first-order valence-electron chi connectivity index (χ1n) is 5.50. The summed E-state index contributed by atoms with van der Waals surface area (Å²) in [5, 5.41) is 14.3. The third-order valence-corrected chi connectivity index (χ3v) is 3.34. The lowest BCUT2D eigenvalue weighted by Crippen LogP contribution is -2.23. The van der Waals surface area contributed by atoms with Crippen molar-refractivity contribution < 1.29 is 5.11 Å². The van der Waals surface area contributed by atoms with Gasteiger partial charge in [-0.25, -0.2) is 0 Å². The first kappa shape index (κ1) is 9.60. The van der Waals surface area contributed by atoms with Crippen molar-refractivity contribution in [3.63, 3.8) is 0 Å². The van der Waals surface area contributed by atoms with Crippen molar-refractivity contribution in [3.8, 4) is 0 Å². The molecule has 0 saturated heterocycles. The highest BCUT2D eigenvalue weighted by Gasteiger charge is 2.32. The molecule has 0 aliphatic heterocycles. The Balaban J connectivity index is 1.87. The van der Waals surface area contributed by atoms with Crippen LogP contribution in [0.4, 0.5) is 0 Å². The quantitative estimate of drug-likeness (QED) is 0.827. The van der Waals surface area contributed by atoms with Gasteiger partial charge in [-0.15, -0.1) is 0 Å². The zero-order valence-electron chi connectivity index (χ0n) is 9.17. The molecule has 0 fully saturated rings. The molecular weight excluding hydrogens is 200 g/mol. The first-order chi connectivity index (χ1) is 7.75. The maximum atomic E-state index is 10.2. The smallest absolute Gasteiger partial charge is 0.0892 e. The molecule has 3 rings (SSSR count). The van der Waals surface area contributed by atoms with Gasteiger partial charge in [0.25, 0.3) is 0 Å². The average molecular weight is 214 g/mol. The van der Waals surface area contributed by atoms with Gasteiger partial charge >= 0.3 is 0 Å². The van der Waals surface area contributed by atoms with Gasteiger partial charge in [0.1, 0.15) is 0 Å². The standard InChI is InChI=1S/C13H14N2O/c1-15-8-10(7-14-15)13(16)12-6-9-4-2-3-5-11(9)12/h2-5,7-8,12-13,16H,6H2,1H3. The number of nitrogens with zero attached hydrogens (tertiary/aromatic N) is 2. The van der Waals surface area contributed by atoms with E-state index in [9.17, 15) is 5.11 Å². The van der Waals surface area contributed by atoms with Crippen LogP contribution in [0.5, 0.6) is 0 Å². The minimum absolute atomic E-state index is 0.236. The van der Waals surface area contributed by atoms with Crippen LogP contribution in [-0.2, 0) is 13.5 Å². The number of aryl methyl sites for hydroxylation is 1. The number of hydrogen-bond donors (Lipinski definition) is 1. The lowest BCUT2D eigenvalue weighted by molar-refractivity contribution is 0.134. The van der Waals surface area contributed by atoms with E-state index in [2.05, 4.69) is 17.2 Å². The molecule has 0 amide bonds. The van der Waals surface area contributed by atoms with Crippen molar-refractivity contribution in [1.29, 1.82) is 0 Å². The molecule has 0 saturated carbocycles. The van der Waals surface area contributed by atoms with Crippen LogP contribution < -0.4 is 0 Å². The van der Waals surface area contributed by atoms with E-state index in [-0.39, 0.29) is 5.92 Å². The van der Waals surface area contributed by atoms with E-state index < -0.39 is 6.10 Å². The van der Waals surface area contributed by atoms with Gasteiger partial charge in [-0.1, -0.05) is 24.3 Å². The van der Waals surface area contributed by atoms with E-state index in [4.69, 9.17) is 0 Å². The number of benzene rings is 1. The zero-order chi connectivity index (χ0) is 11.1. The predicted octanol–water partition coefficient (Wildman–Crippen LogP) is 1.79. The summed E-state index contributed by atoms with van der Waals surface area (Å²) in [5.74, 6) is 0.236. The highest BCUT2D eigenvalue weighted by molar-refractivity contribution is 5.42. The molecule has 0 radical (unpaired) electrons. The van der Waals surface area contributed by atoms with Crippen LogP contribution in [0.1, 0.15) is 28.7 Å². The second-order valence-electron chi connectivity index (χ2n) is 4.40. The summed E-state index contributed by atoms with van der Waals surface area (Å²) in [6.07, 6.45) is 4.16. The highest BCUT2D eigenvalue weighted by atomic mass is 16.3. The Hall–Kier alpha value is -1.61. The van der Waals surface area contributed by atoms with E-state index >= 15 is 0 Å². The molecule has 0 bridgehead atoms. The molecule has 1 aromatic carbocycles. The van der Waals surface area contributed by atoms with E-state index in [1.54, 1.807) is 10.9 Å². The molecule has 82 valence electrons. The molecule has 3 nitrogen and oxygen atoms in total. The second kappa shape index (κ2) is 3.46. The molecule has 1 N–H and O–H groups in total. The van der Waals surface area contributed by atoms with Crippen LogP contribution in [0.15, 0.2) is 36.7 Å². The van der Waals surface area contributed by atoms with Crippen LogP contribution in [-0.4, -0.2) is 14.9 Å². The van der Waals surface area contributed by atoms with Crippen molar-refractivity contribution >= 4 is 0 Å². The van der Waals surface area contributed by atoms with E-state index in [0.29, 0.717) is 0 Å². The minimum Gasteiger partial charge on any atom is -0.388 e. The van der Waals surface area contributed by atoms with Crippen LogP contribution in [0, 0.1) is 0 Å². The predicted molar refractivity (Wildman–Crippen MR) is 61.1 cm³/mol. The fourth-order valence-corrected chi connectivity index (χ4v) is 2.40. The molecule has 3 heteroatoms. The molecular formula is C13H14N2O. The second-order valence-corrected chi connectivity index (χ2v) is 4.40. The third-order valence-electron chi connectivity index (χ3n) is 3.34. The minimum atomic E-state index is -0.427. The van der Waals surface area contributed by atoms with Crippen molar-refractivity contribution in [2.24, 2.45) is 7.05 Å². The maximum absolute atomic E-state index is 10.2. The van der Waals surface area contributed by atoms with E-state index in [1.807, 2.05) is 25.4 Å². The third kappa shape index (κ3) is 1.36. The average Bonchev–Trinajstić information content (AvgIpc) is 2.67. The first-order valence-corrected chi connectivity index (χ1v) is 5.50. The van der Waals surface area contributed by atoms with Gasteiger partial charge in [0.05, 0.1) is 12.3 Å². The van der Waals surface area contributed by atoms with Crippen LogP contribution >= 0.6 is 0 Å². The zero-order valence-corrected chi connectivity index (χ0v) is 9.17. The lowest BCUT2D eigenvalue weighted by atomic mass is 9.73. The van der Waals surface area contributed by atoms with Crippen LogP contribution in [0.3, 0.4) is 0 Å². The number of aromatic nitrogens is 2. The fraction of sp³-hybridized carbons (Fsp3) is 0.308. The fourth-order valence-electron chi connectivity index (χ4n) is 2.40. The summed E-state index contributed by atoms with van der Waals surface area (Å²) >= 11 is 0. The van der Waals surface area contributed by atoms with Gasteiger partial charge < -0.3 is 5.11 Å². The van der Waals surface area contributed by atoms with Crippen molar-refractivity contribution in [2.45, 2.75) is 18.4 Å². The summed E-state index contributed by atoms with van der Waals surface area (Å²) in [7, 11) is 1.87. The van der Waals surface area contributed by atoms with Gasteiger partial charge in [-0.05, 0) is 17.5 Å². The van der Waals surface area contributed by atoms with E-state index in [0.717, 1.165) is 12.0 Å². The highest BCUT2D eigenvalue weighted by Crippen LogP contribution is 2.43. The Morgan fingerprint density at radius 3 is 2.94 bits per heavy atom. The van der Waals surface area contributed by atoms with Crippen molar-refractivity contribution in [3.05, 3.63) is 53.3 Å². The molecule has 0 spiro atoms. The van der Waals surface area contributed by atoms with E-state index in [1.165, 1.54) is 11.1 Å². The largest absolute Gasteiger partial charge is 0.388 e. The molecule has 1 aromatic heterocycles. The summed E-state index contributed by atoms with van der Waals surface area (Å²) < 4.78 is 1.73. The molecule has 1 aliphatic rings. The number of rotatable bonds is 2.